The molecule has 0 saturated carbocycles. The van der Waals surface area contributed by atoms with E-state index in [9.17, 15) is 13.2 Å². The van der Waals surface area contributed by atoms with Crippen LogP contribution in [-0.4, -0.2) is 11.3 Å². The molecular formula is C14H14F3N3O. The van der Waals surface area contributed by atoms with Crippen molar-refractivity contribution in [2.45, 2.75) is 18.8 Å². The Hall–Kier alpha value is -2.12. The number of benzene rings is 1. The molecule has 0 radical (unpaired) electrons. The molecular weight excluding hydrogens is 283 g/mol. The summed E-state index contributed by atoms with van der Waals surface area (Å²) < 4.78 is 40.1. The lowest BCUT2D eigenvalue weighted by molar-refractivity contribution is -0.274. The van der Waals surface area contributed by atoms with Gasteiger partial charge in [0.05, 0.1) is 6.04 Å². The molecule has 0 fully saturated rings. The highest BCUT2D eigenvalue weighted by Gasteiger charge is 2.31. The molecule has 0 amide bonds. The second-order valence-corrected chi connectivity index (χ2v) is 4.40. The quantitative estimate of drug-likeness (QED) is 0.658. The van der Waals surface area contributed by atoms with Crippen molar-refractivity contribution < 1.29 is 17.9 Å². The second-order valence-electron chi connectivity index (χ2n) is 4.40. The van der Waals surface area contributed by atoms with E-state index in [1.165, 1.54) is 12.1 Å². The summed E-state index contributed by atoms with van der Waals surface area (Å²) >= 11 is 0. The number of hydrogen-bond donors (Lipinski definition) is 2. The van der Waals surface area contributed by atoms with Crippen LogP contribution in [-0.2, 0) is 6.42 Å². The van der Waals surface area contributed by atoms with Gasteiger partial charge in [0.2, 0.25) is 0 Å². The van der Waals surface area contributed by atoms with Crippen LogP contribution < -0.4 is 16.0 Å². The zero-order chi connectivity index (χ0) is 15.3. The van der Waals surface area contributed by atoms with Crippen molar-refractivity contribution in [2.75, 3.05) is 0 Å². The number of rotatable bonds is 5. The lowest BCUT2D eigenvalue weighted by atomic mass is 10.0. The SMILES string of the molecule is NNC(Cc1cccnc1)c1ccc(OC(F)(F)F)cc1. The number of ether oxygens (including phenoxy) is 1. The maximum absolute atomic E-state index is 12.1. The van der Waals surface area contributed by atoms with Crippen molar-refractivity contribution in [3.8, 4) is 5.75 Å². The number of hydrazine groups is 1. The Morgan fingerprint density at radius 1 is 1.19 bits per heavy atom. The van der Waals surface area contributed by atoms with Crippen LogP contribution in [0.3, 0.4) is 0 Å². The number of nitrogens with one attached hydrogen (secondary N) is 1. The predicted molar refractivity (Wildman–Crippen MR) is 71.1 cm³/mol. The van der Waals surface area contributed by atoms with Crippen molar-refractivity contribution >= 4 is 0 Å². The number of pyridine rings is 1. The van der Waals surface area contributed by atoms with Gasteiger partial charge >= 0.3 is 6.36 Å². The molecule has 0 aliphatic heterocycles. The molecule has 0 bridgehead atoms. The molecule has 112 valence electrons. The first-order valence-corrected chi connectivity index (χ1v) is 6.18. The molecule has 21 heavy (non-hydrogen) atoms. The van der Waals surface area contributed by atoms with E-state index in [2.05, 4.69) is 15.1 Å². The number of nitrogens with zero attached hydrogens (tertiary/aromatic N) is 1. The fraction of sp³-hybridized carbons (Fsp3) is 0.214. The normalized spacial score (nSPS) is 13.0. The van der Waals surface area contributed by atoms with Gasteiger partial charge in [0.25, 0.3) is 0 Å². The van der Waals surface area contributed by atoms with Crippen LogP contribution in [0.5, 0.6) is 5.75 Å². The Labute approximate surface area is 119 Å². The van der Waals surface area contributed by atoms with Crippen molar-refractivity contribution in [3.63, 3.8) is 0 Å². The van der Waals surface area contributed by atoms with Crippen molar-refractivity contribution in [1.82, 2.24) is 10.4 Å². The Kier molecular flexibility index (Phi) is 4.77. The molecule has 2 rings (SSSR count). The highest BCUT2D eigenvalue weighted by atomic mass is 19.4. The number of alkyl halides is 3. The summed E-state index contributed by atoms with van der Waals surface area (Å²) in [6.45, 7) is 0. The van der Waals surface area contributed by atoms with Crippen LogP contribution in [0.2, 0.25) is 0 Å². The first kappa shape index (κ1) is 15.3. The monoisotopic (exact) mass is 297 g/mol. The maximum atomic E-state index is 12.1. The molecule has 1 aromatic carbocycles. The topological polar surface area (TPSA) is 60.2 Å². The summed E-state index contributed by atoms with van der Waals surface area (Å²) in [7, 11) is 0. The van der Waals surface area contributed by atoms with Crippen LogP contribution in [0.4, 0.5) is 13.2 Å². The largest absolute Gasteiger partial charge is 0.573 e. The first-order chi connectivity index (χ1) is 9.98. The van der Waals surface area contributed by atoms with E-state index in [4.69, 9.17) is 5.84 Å². The fourth-order valence-electron chi connectivity index (χ4n) is 1.93. The number of hydrogen-bond acceptors (Lipinski definition) is 4. The van der Waals surface area contributed by atoms with Gasteiger partial charge in [-0.05, 0) is 35.7 Å². The van der Waals surface area contributed by atoms with Gasteiger partial charge < -0.3 is 4.74 Å². The standard InChI is InChI=1S/C14H14F3N3O/c15-14(16,17)21-12-5-3-11(4-6-12)13(20-18)8-10-2-1-7-19-9-10/h1-7,9,13,20H,8,18H2. The van der Waals surface area contributed by atoms with Gasteiger partial charge in [-0.25, -0.2) is 0 Å². The van der Waals surface area contributed by atoms with Gasteiger partial charge in [-0.2, -0.15) is 0 Å². The van der Waals surface area contributed by atoms with Crippen molar-refractivity contribution in [1.29, 1.82) is 0 Å². The van der Waals surface area contributed by atoms with E-state index >= 15 is 0 Å². The van der Waals surface area contributed by atoms with Crippen molar-refractivity contribution in [2.24, 2.45) is 5.84 Å². The molecule has 4 nitrogen and oxygen atoms in total. The van der Waals surface area contributed by atoms with E-state index < -0.39 is 6.36 Å². The molecule has 0 spiro atoms. The molecule has 2 aromatic rings. The summed E-state index contributed by atoms with van der Waals surface area (Å²) in [5.41, 5.74) is 4.37. The lowest BCUT2D eigenvalue weighted by Crippen LogP contribution is -2.29. The Bertz CT molecular complexity index is 558. The van der Waals surface area contributed by atoms with Crippen LogP contribution in [0.1, 0.15) is 17.2 Å². The summed E-state index contributed by atoms with van der Waals surface area (Å²) in [6, 6.07) is 9.09. The molecule has 1 aromatic heterocycles. The van der Waals surface area contributed by atoms with E-state index in [1.54, 1.807) is 24.5 Å². The maximum Gasteiger partial charge on any atom is 0.573 e. The average Bonchev–Trinajstić information content (AvgIpc) is 2.45. The molecule has 1 atom stereocenters. The molecule has 7 heteroatoms. The number of nitrogens with two attached hydrogens (primary N) is 1. The van der Waals surface area contributed by atoms with Crippen LogP contribution in [0.25, 0.3) is 0 Å². The third-order valence-electron chi connectivity index (χ3n) is 2.88. The van der Waals surface area contributed by atoms with Crippen LogP contribution in [0, 0.1) is 0 Å². The minimum atomic E-state index is -4.69. The van der Waals surface area contributed by atoms with E-state index in [0.29, 0.717) is 6.42 Å². The average molecular weight is 297 g/mol. The van der Waals surface area contributed by atoms with E-state index in [0.717, 1.165) is 11.1 Å². The smallest absolute Gasteiger partial charge is 0.406 e. The molecule has 0 aliphatic carbocycles. The van der Waals surface area contributed by atoms with Crippen LogP contribution in [0.15, 0.2) is 48.8 Å². The summed E-state index contributed by atoms with van der Waals surface area (Å²) in [5.74, 6) is 5.25. The fourth-order valence-corrected chi connectivity index (χ4v) is 1.93. The van der Waals surface area contributed by atoms with Gasteiger partial charge in [0, 0.05) is 12.4 Å². The van der Waals surface area contributed by atoms with E-state index in [-0.39, 0.29) is 11.8 Å². The zero-order valence-electron chi connectivity index (χ0n) is 11.0. The predicted octanol–water partition coefficient (Wildman–Crippen LogP) is 2.73. The summed E-state index contributed by atoms with van der Waals surface area (Å²) in [4.78, 5) is 4.01. The van der Waals surface area contributed by atoms with Gasteiger partial charge in [0.1, 0.15) is 5.75 Å². The first-order valence-electron chi connectivity index (χ1n) is 6.18. The molecule has 0 saturated heterocycles. The molecule has 1 unspecified atom stereocenters. The van der Waals surface area contributed by atoms with Gasteiger partial charge in [-0.15, -0.1) is 13.2 Å². The Morgan fingerprint density at radius 2 is 1.90 bits per heavy atom. The molecule has 3 N–H and O–H groups in total. The number of aromatic nitrogens is 1. The Balaban J connectivity index is 2.08. The Morgan fingerprint density at radius 3 is 2.43 bits per heavy atom. The second kappa shape index (κ2) is 6.55. The highest BCUT2D eigenvalue weighted by Crippen LogP contribution is 2.25. The van der Waals surface area contributed by atoms with Gasteiger partial charge in [-0.3, -0.25) is 16.3 Å². The molecule has 0 aliphatic rings. The minimum absolute atomic E-state index is 0.228. The molecule has 1 heterocycles. The van der Waals surface area contributed by atoms with Crippen molar-refractivity contribution in [3.05, 3.63) is 59.9 Å². The van der Waals surface area contributed by atoms with Gasteiger partial charge in [0.15, 0.2) is 0 Å². The highest BCUT2D eigenvalue weighted by molar-refractivity contribution is 5.30. The minimum Gasteiger partial charge on any atom is -0.406 e. The van der Waals surface area contributed by atoms with Gasteiger partial charge in [-0.1, -0.05) is 18.2 Å². The summed E-state index contributed by atoms with van der Waals surface area (Å²) in [6.07, 6.45) is -0.740. The van der Waals surface area contributed by atoms with E-state index in [1.807, 2.05) is 12.1 Å². The summed E-state index contributed by atoms with van der Waals surface area (Å²) in [5, 5.41) is 0. The third-order valence-corrected chi connectivity index (χ3v) is 2.88. The number of halogens is 3. The van der Waals surface area contributed by atoms with Crippen LogP contribution >= 0.6 is 0 Å². The third kappa shape index (κ3) is 4.73. The lowest BCUT2D eigenvalue weighted by Gasteiger charge is -2.17. The zero-order valence-corrected chi connectivity index (χ0v) is 11.0.